The minimum Gasteiger partial charge on any atom is -0.352 e. The van der Waals surface area contributed by atoms with Gasteiger partial charge in [-0.2, -0.15) is 0 Å². The normalized spacial score (nSPS) is 23.9. The van der Waals surface area contributed by atoms with Gasteiger partial charge in [-0.3, -0.25) is 24.1 Å². The summed E-state index contributed by atoms with van der Waals surface area (Å²) < 4.78 is 0. The smallest absolute Gasteiger partial charge is 0.249 e. The van der Waals surface area contributed by atoms with E-state index < -0.39 is 17.5 Å². The molecular weight excluding hydrogens is 530 g/mol. The minimum atomic E-state index is -0.713. The van der Waals surface area contributed by atoms with Crippen molar-refractivity contribution in [2.75, 3.05) is 20.1 Å². The Morgan fingerprint density at radius 3 is 2.05 bits per heavy atom. The first-order valence-electron chi connectivity index (χ1n) is 16.3. The molecule has 2 N–H and O–H groups in total. The molecule has 0 aromatic heterocycles. The molecule has 0 aromatic rings. The zero-order valence-electron chi connectivity index (χ0n) is 27.7. The fraction of sp³-hybridized carbons (Fsp3) is 0.818. The van der Waals surface area contributed by atoms with Crippen LogP contribution in [0.25, 0.3) is 0 Å². The maximum atomic E-state index is 14.1. The average molecular weight is 588 g/mol. The van der Waals surface area contributed by atoms with E-state index in [1.807, 2.05) is 40.7 Å². The fourth-order valence-electron chi connectivity index (χ4n) is 6.53. The van der Waals surface area contributed by atoms with Gasteiger partial charge in [-0.1, -0.05) is 47.1 Å². The highest BCUT2D eigenvalue weighted by Gasteiger charge is 2.40. The Kier molecular flexibility index (Phi) is 11.7. The van der Waals surface area contributed by atoms with Crippen molar-refractivity contribution >= 4 is 23.6 Å². The highest BCUT2D eigenvalue weighted by Crippen LogP contribution is 2.27. The number of amides is 4. The van der Waals surface area contributed by atoms with E-state index in [2.05, 4.69) is 29.4 Å². The summed E-state index contributed by atoms with van der Waals surface area (Å²) in [5.41, 5.74) is 0.0215. The molecule has 0 spiro atoms. The molecule has 2 saturated heterocycles. The van der Waals surface area contributed by atoms with Crippen molar-refractivity contribution in [1.82, 2.24) is 25.3 Å². The third-order valence-corrected chi connectivity index (χ3v) is 9.41. The molecule has 4 atom stereocenters. The van der Waals surface area contributed by atoms with Gasteiger partial charge in [-0.25, -0.2) is 0 Å². The molecule has 9 nitrogen and oxygen atoms in total. The summed E-state index contributed by atoms with van der Waals surface area (Å²) in [6.07, 6.45) is 9.37. The number of rotatable bonds is 10. The Balaban J connectivity index is 1.76. The van der Waals surface area contributed by atoms with Crippen molar-refractivity contribution in [3.63, 3.8) is 0 Å². The lowest BCUT2D eigenvalue weighted by molar-refractivity contribution is -0.142. The first-order chi connectivity index (χ1) is 19.6. The Labute approximate surface area is 254 Å². The molecule has 1 saturated carbocycles. The van der Waals surface area contributed by atoms with Crippen LogP contribution in [0.5, 0.6) is 0 Å². The summed E-state index contributed by atoms with van der Waals surface area (Å²) in [5.74, 6) is -0.433. The molecule has 0 unspecified atom stereocenters. The lowest BCUT2D eigenvalue weighted by Gasteiger charge is -2.41. The molecule has 4 amide bonds. The standard InChI is InChI=1S/C33H57N5O4/c1-21(2)27(20-23(5)31(41)38-19-13-17-26(38)29(39)34-24-14-12-15-24)36(9)32(42)28(33(6,7)8)35-30(40)25-16-10-11-18-37(25)22(3)4/h20-22,24-28H,10-19H2,1-9H3,(H,34,39)(H,35,40)/b23-20+/t25-,26+,27-,28-/m1/s1. The van der Waals surface area contributed by atoms with Crippen LogP contribution >= 0.6 is 0 Å². The first-order valence-corrected chi connectivity index (χ1v) is 16.3. The monoisotopic (exact) mass is 587 g/mol. The number of hydrogen-bond acceptors (Lipinski definition) is 5. The highest BCUT2D eigenvalue weighted by atomic mass is 16.2. The van der Waals surface area contributed by atoms with Crippen LogP contribution in [0.1, 0.15) is 107 Å². The summed E-state index contributed by atoms with van der Waals surface area (Å²) in [4.78, 5) is 59.8. The molecule has 2 aliphatic heterocycles. The van der Waals surface area contributed by atoms with Crippen LogP contribution in [0.2, 0.25) is 0 Å². The van der Waals surface area contributed by atoms with Gasteiger partial charge in [0, 0.05) is 31.2 Å². The van der Waals surface area contributed by atoms with E-state index in [1.54, 1.807) is 23.8 Å². The highest BCUT2D eigenvalue weighted by molar-refractivity contribution is 5.97. The molecular formula is C33H57N5O4. The largest absolute Gasteiger partial charge is 0.352 e. The summed E-state index contributed by atoms with van der Waals surface area (Å²) in [7, 11) is 1.76. The number of carbonyl (C=O) groups is 4. The zero-order valence-corrected chi connectivity index (χ0v) is 27.7. The number of carbonyl (C=O) groups excluding carboxylic acids is 4. The summed E-state index contributed by atoms with van der Waals surface area (Å²) in [6, 6.07) is -1.26. The number of nitrogens with one attached hydrogen (secondary N) is 2. The topological polar surface area (TPSA) is 102 Å². The van der Waals surface area contributed by atoms with Gasteiger partial charge in [0.05, 0.1) is 12.1 Å². The molecule has 3 rings (SSSR count). The summed E-state index contributed by atoms with van der Waals surface area (Å²) >= 11 is 0. The number of likely N-dealkylation sites (N-methyl/N-ethyl adjacent to an activating group) is 1. The van der Waals surface area contributed by atoms with Crippen LogP contribution in [0.3, 0.4) is 0 Å². The predicted octanol–water partition coefficient (Wildman–Crippen LogP) is 3.87. The molecule has 3 fully saturated rings. The Morgan fingerprint density at radius 1 is 0.857 bits per heavy atom. The first kappa shape index (κ1) is 34.1. The van der Waals surface area contributed by atoms with Crippen molar-refractivity contribution in [3.05, 3.63) is 11.6 Å². The zero-order chi connectivity index (χ0) is 31.4. The van der Waals surface area contributed by atoms with Crippen molar-refractivity contribution in [3.8, 4) is 0 Å². The van der Waals surface area contributed by atoms with E-state index in [-0.39, 0.29) is 53.7 Å². The van der Waals surface area contributed by atoms with Gasteiger partial charge >= 0.3 is 0 Å². The molecule has 0 aromatic carbocycles. The molecule has 9 heteroatoms. The molecule has 42 heavy (non-hydrogen) atoms. The number of nitrogens with zero attached hydrogens (tertiary/aromatic N) is 3. The van der Waals surface area contributed by atoms with Gasteiger partial charge in [0.15, 0.2) is 0 Å². The van der Waals surface area contributed by atoms with Crippen LogP contribution in [-0.4, -0.2) is 94.7 Å². The molecule has 0 bridgehead atoms. The van der Waals surface area contributed by atoms with Crippen LogP contribution in [-0.2, 0) is 19.2 Å². The summed E-state index contributed by atoms with van der Waals surface area (Å²) in [6.45, 7) is 17.4. The minimum absolute atomic E-state index is 0.0316. The number of hydrogen-bond donors (Lipinski definition) is 2. The quantitative estimate of drug-likeness (QED) is 0.378. The van der Waals surface area contributed by atoms with Crippen molar-refractivity contribution < 1.29 is 19.2 Å². The van der Waals surface area contributed by atoms with Crippen LogP contribution in [0, 0.1) is 11.3 Å². The van der Waals surface area contributed by atoms with Gasteiger partial charge in [0.25, 0.3) is 0 Å². The van der Waals surface area contributed by atoms with Gasteiger partial charge in [0.1, 0.15) is 12.1 Å². The van der Waals surface area contributed by atoms with Crippen LogP contribution < -0.4 is 10.6 Å². The molecule has 3 aliphatic rings. The molecule has 1 aliphatic carbocycles. The Bertz CT molecular complexity index is 1010. The van der Waals surface area contributed by atoms with Gasteiger partial charge < -0.3 is 20.4 Å². The maximum Gasteiger partial charge on any atom is 0.249 e. The van der Waals surface area contributed by atoms with E-state index in [1.165, 1.54) is 0 Å². The molecule has 0 radical (unpaired) electrons. The third kappa shape index (κ3) is 8.14. The second-order valence-electron chi connectivity index (χ2n) is 14.5. The SMILES string of the molecule is C/C(=C\[C@H](C(C)C)N(C)C(=O)[C@@H](NC(=O)[C@H]1CCCCN1C(C)C)C(C)(C)C)C(=O)N1CCC[C@H]1C(=O)NC1CCC1. The van der Waals surface area contributed by atoms with Crippen LogP contribution in [0.15, 0.2) is 11.6 Å². The van der Waals surface area contributed by atoms with E-state index >= 15 is 0 Å². The lowest BCUT2D eigenvalue weighted by atomic mass is 9.84. The molecule has 238 valence electrons. The second kappa shape index (κ2) is 14.4. The van der Waals surface area contributed by atoms with Crippen molar-refractivity contribution in [2.45, 2.75) is 143 Å². The van der Waals surface area contributed by atoms with Crippen LogP contribution in [0.4, 0.5) is 0 Å². The van der Waals surface area contributed by atoms with Gasteiger partial charge in [0.2, 0.25) is 23.6 Å². The second-order valence-corrected chi connectivity index (χ2v) is 14.5. The van der Waals surface area contributed by atoms with E-state index in [4.69, 9.17) is 0 Å². The van der Waals surface area contributed by atoms with Crippen molar-refractivity contribution in [2.24, 2.45) is 11.3 Å². The Hall–Kier alpha value is -2.42. The van der Waals surface area contributed by atoms with E-state index in [0.29, 0.717) is 18.5 Å². The lowest BCUT2D eigenvalue weighted by Crippen LogP contribution is -2.60. The summed E-state index contributed by atoms with van der Waals surface area (Å²) in [5, 5.41) is 6.24. The fourth-order valence-corrected chi connectivity index (χ4v) is 6.53. The van der Waals surface area contributed by atoms with E-state index in [9.17, 15) is 19.2 Å². The molecule has 2 heterocycles. The van der Waals surface area contributed by atoms with E-state index in [0.717, 1.165) is 51.5 Å². The maximum absolute atomic E-state index is 14.1. The van der Waals surface area contributed by atoms with Gasteiger partial charge in [-0.15, -0.1) is 0 Å². The van der Waals surface area contributed by atoms with Crippen molar-refractivity contribution in [1.29, 1.82) is 0 Å². The number of piperidine rings is 1. The third-order valence-electron chi connectivity index (χ3n) is 9.41. The average Bonchev–Trinajstić information content (AvgIpc) is 3.40. The Morgan fingerprint density at radius 2 is 1.50 bits per heavy atom. The van der Waals surface area contributed by atoms with Gasteiger partial charge in [-0.05, 0) is 83.6 Å². The predicted molar refractivity (Wildman–Crippen MR) is 167 cm³/mol. The number of likely N-dealkylation sites (tertiary alicyclic amines) is 2.